The van der Waals surface area contributed by atoms with Gasteiger partial charge in [0.2, 0.25) is 0 Å². The molecule has 1 aromatic heterocycles. The van der Waals surface area contributed by atoms with Crippen LogP contribution < -0.4 is 5.06 Å². The molecule has 0 fully saturated rings. The first kappa shape index (κ1) is 13.8. The quantitative estimate of drug-likeness (QED) is 0.765. The number of hydrogen-bond acceptors (Lipinski definition) is 3. The molecule has 0 atom stereocenters. The summed E-state index contributed by atoms with van der Waals surface area (Å²) in [5.41, 5.74) is 2.35. The second-order valence-electron chi connectivity index (χ2n) is 5.98. The van der Waals surface area contributed by atoms with Crippen molar-refractivity contribution in [3.8, 4) is 0 Å². The lowest BCUT2D eigenvalue weighted by atomic mass is 9.88. The predicted octanol–water partition coefficient (Wildman–Crippen LogP) is 3.84. The van der Waals surface area contributed by atoms with Crippen molar-refractivity contribution in [3.05, 3.63) is 35.5 Å². The van der Waals surface area contributed by atoms with Crippen molar-refractivity contribution < 1.29 is 4.84 Å². The molecule has 0 bridgehead atoms. The van der Waals surface area contributed by atoms with Crippen molar-refractivity contribution >= 4 is 16.6 Å². The SMILES string of the molecule is CON(C)c1cc2cc(C)ccc2c(C(C)(C)C)n1. The van der Waals surface area contributed by atoms with Gasteiger partial charge in [-0.1, -0.05) is 44.5 Å². The van der Waals surface area contributed by atoms with Crippen LogP contribution in [0.25, 0.3) is 10.8 Å². The van der Waals surface area contributed by atoms with E-state index in [1.54, 1.807) is 12.2 Å². The lowest BCUT2D eigenvalue weighted by molar-refractivity contribution is 0.182. The molecule has 0 radical (unpaired) electrons. The standard InChI is InChI=1S/C16H22N2O/c1-11-7-8-13-12(9-11)10-14(18(5)19-6)17-15(13)16(2,3)4/h7-10H,1-6H3. The molecule has 0 unspecified atom stereocenters. The fourth-order valence-electron chi connectivity index (χ4n) is 2.19. The van der Waals surface area contributed by atoms with Gasteiger partial charge in [-0.25, -0.2) is 10.0 Å². The molecule has 0 amide bonds. The van der Waals surface area contributed by atoms with E-state index in [9.17, 15) is 0 Å². The number of hydroxylamine groups is 1. The maximum atomic E-state index is 5.25. The Hall–Kier alpha value is -1.61. The van der Waals surface area contributed by atoms with Crippen molar-refractivity contribution in [2.75, 3.05) is 19.2 Å². The molecule has 1 heterocycles. The summed E-state index contributed by atoms with van der Waals surface area (Å²) in [6.07, 6.45) is 0. The van der Waals surface area contributed by atoms with Gasteiger partial charge in [0.1, 0.15) is 0 Å². The third kappa shape index (κ3) is 2.71. The summed E-state index contributed by atoms with van der Waals surface area (Å²) in [4.78, 5) is 10.0. The number of aryl methyl sites for hydroxylation is 1. The Bertz CT molecular complexity index is 599. The number of nitrogens with zero attached hydrogens (tertiary/aromatic N) is 2. The maximum Gasteiger partial charge on any atom is 0.152 e. The van der Waals surface area contributed by atoms with E-state index in [1.807, 2.05) is 7.05 Å². The Labute approximate surface area is 115 Å². The van der Waals surface area contributed by atoms with Crippen molar-refractivity contribution in [2.45, 2.75) is 33.1 Å². The molecule has 2 rings (SSSR count). The zero-order valence-electron chi connectivity index (χ0n) is 12.6. The minimum atomic E-state index is -0.00189. The van der Waals surface area contributed by atoms with Crippen LogP contribution in [-0.2, 0) is 10.3 Å². The molecule has 0 aliphatic heterocycles. The van der Waals surface area contributed by atoms with E-state index in [0.29, 0.717) is 0 Å². The zero-order chi connectivity index (χ0) is 14.2. The molecule has 3 heteroatoms. The summed E-state index contributed by atoms with van der Waals surface area (Å²) in [6.45, 7) is 8.66. The Morgan fingerprint density at radius 2 is 1.84 bits per heavy atom. The van der Waals surface area contributed by atoms with Gasteiger partial charge in [0.05, 0.1) is 12.8 Å². The van der Waals surface area contributed by atoms with Crippen LogP contribution in [0.3, 0.4) is 0 Å². The van der Waals surface area contributed by atoms with Crippen LogP contribution >= 0.6 is 0 Å². The Morgan fingerprint density at radius 3 is 2.42 bits per heavy atom. The highest BCUT2D eigenvalue weighted by atomic mass is 16.7. The molecule has 0 N–H and O–H groups in total. The van der Waals surface area contributed by atoms with Gasteiger partial charge < -0.3 is 0 Å². The van der Waals surface area contributed by atoms with Gasteiger partial charge in [-0.15, -0.1) is 0 Å². The van der Waals surface area contributed by atoms with Crippen molar-refractivity contribution in [1.29, 1.82) is 0 Å². The molecular formula is C16H22N2O. The third-order valence-corrected chi connectivity index (χ3v) is 3.28. The molecule has 0 aliphatic carbocycles. The van der Waals surface area contributed by atoms with Crippen molar-refractivity contribution in [3.63, 3.8) is 0 Å². The van der Waals surface area contributed by atoms with Gasteiger partial charge in [-0.3, -0.25) is 4.84 Å². The van der Waals surface area contributed by atoms with Crippen LogP contribution in [0.5, 0.6) is 0 Å². The van der Waals surface area contributed by atoms with E-state index in [0.717, 1.165) is 11.5 Å². The smallest absolute Gasteiger partial charge is 0.152 e. The van der Waals surface area contributed by atoms with E-state index >= 15 is 0 Å². The zero-order valence-corrected chi connectivity index (χ0v) is 12.6. The lowest BCUT2D eigenvalue weighted by Crippen LogP contribution is -2.20. The Kier molecular flexibility index (Phi) is 3.50. The molecule has 102 valence electrons. The first-order valence-corrected chi connectivity index (χ1v) is 6.52. The van der Waals surface area contributed by atoms with Crippen LogP contribution in [-0.4, -0.2) is 19.1 Å². The summed E-state index contributed by atoms with van der Waals surface area (Å²) in [5.74, 6) is 0.838. The molecular weight excluding hydrogens is 236 g/mol. The number of aromatic nitrogens is 1. The lowest BCUT2D eigenvalue weighted by Gasteiger charge is -2.23. The summed E-state index contributed by atoms with van der Waals surface area (Å²) < 4.78 is 0. The normalized spacial score (nSPS) is 11.9. The van der Waals surface area contributed by atoms with Crippen LogP contribution in [0.1, 0.15) is 32.0 Å². The summed E-state index contributed by atoms with van der Waals surface area (Å²) in [6, 6.07) is 8.56. The van der Waals surface area contributed by atoms with Gasteiger partial charge >= 0.3 is 0 Å². The van der Waals surface area contributed by atoms with Crippen LogP contribution in [0.2, 0.25) is 0 Å². The molecule has 0 aliphatic rings. The minimum absolute atomic E-state index is 0.00189. The molecule has 19 heavy (non-hydrogen) atoms. The molecule has 0 saturated carbocycles. The minimum Gasteiger partial charge on any atom is -0.276 e. The molecule has 0 saturated heterocycles. The van der Waals surface area contributed by atoms with Crippen LogP contribution in [0.4, 0.5) is 5.82 Å². The number of fused-ring (bicyclic) bond motifs is 1. The Balaban J connectivity index is 2.76. The van der Waals surface area contributed by atoms with E-state index in [-0.39, 0.29) is 5.41 Å². The number of anilines is 1. The van der Waals surface area contributed by atoms with Crippen LogP contribution in [0.15, 0.2) is 24.3 Å². The summed E-state index contributed by atoms with van der Waals surface area (Å²) >= 11 is 0. The largest absolute Gasteiger partial charge is 0.276 e. The predicted molar refractivity (Wildman–Crippen MR) is 80.6 cm³/mol. The van der Waals surface area contributed by atoms with Crippen LogP contribution in [0, 0.1) is 6.92 Å². The van der Waals surface area contributed by atoms with Crippen molar-refractivity contribution in [2.24, 2.45) is 0 Å². The van der Waals surface area contributed by atoms with E-state index < -0.39 is 0 Å². The first-order chi connectivity index (χ1) is 8.82. The molecule has 2 aromatic rings. The number of pyridine rings is 1. The second-order valence-corrected chi connectivity index (χ2v) is 5.98. The summed E-state index contributed by atoms with van der Waals surface area (Å²) in [7, 11) is 3.52. The summed E-state index contributed by atoms with van der Waals surface area (Å²) in [5, 5.41) is 4.11. The van der Waals surface area contributed by atoms with E-state index in [1.165, 1.54) is 16.3 Å². The number of rotatable bonds is 2. The first-order valence-electron chi connectivity index (χ1n) is 6.52. The highest BCUT2D eigenvalue weighted by molar-refractivity contribution is 5.88. The fraction of sp³-hybridized carbons (Fsp3) is 0.438. The average Bonchev–Trinajstić information content (AvgIpc) is 2.34. The second kappa shape index (κ2) is 4.82. The van der Waals surface area contributed by atoms with E-state index in [2.05, 4.69) is 52.0 Å². The molecule has 3 nitrogen and oxygen atoms in total. The van der Waals surface area contributed by atoms with E-state index in [4.69, 9.17) is 9.82 Å². The molecule has 1 aromatic carbocycles. The van der Waals surface area contributed by atoms with Gasteiger partial charge in [-0.2, -0.15) is 0 Å². The van der Waals surface area contributed by atoms with Gasteiger partial charge in [0.25, 0.3) is 0 Å². The monoisotopic (exact) mass is 258 g/mol. The van der Waals surface area contributed by atoms with Gasteiger partial charge in [0, 0.05) is 17.8 Å². The Morgan fingerprint density at radius 1 is 1.16 bits per heavy atom. The average molecular weight is 258 g/mol. The third-order valence-electron chi connectivity index (χ3n) is 3.28. The topological polar surface area (TPSA) is 25.4 Å². The molecule has 0 spiro atoms. The fourth-order valence-corrected chi connectivity index (χ4v) is 2.19. The van der Waals surface area contributed by atoms with Gasteiger partial charge in [-0.05, 0) is 18.4 Å². The van der Waals surface area contributed by atoms with Crippen molar-refractivity contribution in [1.82, 2.24) is 4.98 Å². The highest BCUT2D eigenvalue weighted by Gasteiger charge is 2.20. The highest BCUT2D eigenvalue weighted by Crippen LogP contribution is 2.31. The van der Waals surface area contributed by atoms with Gasteiger partial charge in [0.15, 0.2) is 5.82 Å². The maximum absolute atomic E-state index is 5.25. The number of hydrogen-bond donors (Lipinski definition) is 0. The number of benzene rings is 1.